The van der Waals surface area contributed by atoms with Crippen LogP contribution in [0.15, 0.2) is 53.9 Å². The number of rotatable bonds is 8. The van der Waals surface area contributed by atoms with Crippen molar-refractivity contribution in [2.75, 3.05) is 0 Å². The maximum Gasteiger partial charge on any atom is 0.387 e. The second kappa shape index (κ2) is 9.45. The van der Waals surface area contributed by atoms with Crippen LogP contribution in [0, 0.1) is 0 Å². The fourth-order valence-electron chi connectivity index (χ4n) is 2.27. The number of amides is 1. The molecule has 0 unspecified atom stereocenters. The van der Waals surface area contributed by atoms with E-state index in [0.29, 0.717) is 5.69 Å². The number of carbonyl (C=O) groups is 1. The molecule has 0 spiro atoms. The molecule has 0 radical (unpaired) electrons. The molecule has 3 aromatic rings. The van der Waals surface area contributed by atoms with Crippen molar-refractivity contribution in [3.05, 3.63) is 59.9 Å². The van der Waals surface area contributed by atoms with Crippen molar-refractivity contribution in [3.8, 4) is 17.2 Å². The van der Waals surface area contributed by atoms with E-state index in [-0.39, 0.29) is 16.9 Å². The number of hydrazone groups is 1. The zero-order valence-electron chi connectivity index (χ0n) is 14.8. The average molecular weight is 424 g/mol. The van der Waals surface area contributed by atoms with Crippen LogP contribution in [0.25, 0.3) is 5.69 Å². The van der Waals surface area contributed by atoms with Gasteiger partial charge in [0.1, 0.15) is 17.8 Å². The number of hydrogen-bond donors (Lipinski definition) is 1. The largest absolute Gasteiger partial charge is 0.435 e. The van der Waals surface area contributed by atoms with Gasteiger partial charge in [-0.3, -0.25) is 4.79 Å². The number of alkyl halides is 4. The molecular formula is C17H12F4N6O3. The maximum atomic E-state index is 12.6. The molecule has 0 aliphatic carbocycles. The highest BCUT2D eigenvalue weighted by molar-refractivity contribution is 5.95. The van der Waals surface area contributed by atoms with E-state index in [9.17, 15) is 22.4 Å². The van der Waals surface area contributed by atoms with E-state index in [4.69, 9.17) is 0 Å². The molecule has 156 valence electrons. The number of nitrogens with one attached hydrogen (secondary N) is 1. The first-order chi connectivity index (χ1) is 14.4. The predicted molar refractivity (Wildman–Crippen MR) is 93.9 cm³/mol. The van der Waals surface area contributed by atoms with E-state index in [0.717, 1.165) is 18.3 Å². The van der Waals surface area contributed by atoms with E-state index < -0.39 is 24.9 Å². The normalized spacial score (nSPS) is 11.3. The summed E-state index contributed by atoms with van der Waals surface area (Å²) in [5.41, 5.74) is 3.11. The fourth-order valence-corrected chi connectivity index (χ4v) is 2.27. The summed E-state index contributed by atoms with van der Waals surface area (Å²) in [4.78, 5) is 12.1. The molecule has 3 rings (SSSR count). The Bertz CT molecular complexity index is 1010. The summed E-state index contributed by atoms with van der Waals surface area (Å²) < 4.78 is 59.5. The lowest BCUT2D eigenvalue weighted by atomic mass is 10.2. The zero-order valence-corrected chi connectivity index (χ0v) is 14.8. The van der Waals surface area contributed by atoms with Crippen molar-refractivity contribution in [3.63, 3.8) is 0 Å². The molecule has 2 aromatic carbocycles. The topological polar surface area (TPSA) is 104 Å². The molecule has 1 amide bonds. The summed E-state index contributed by atoms with van der Waals surface area (Å²) in [7, 11) is 0. The van der Waals surface area contributed by atoms with Crippen LogP contribution in [0.2, 0.25) is 0 Å². The van der Waals surface area contributed by atoms with Gasteiger partial charge < -0.3 is 9.47 Å². The first-order valence-electron chi connectivity index (χ1n) is 8.13. The van der Waals surface area contributed by atoms with Gasteiger partial charge in [0.05, 0.1) is 11.9 Å². The number of nitrogens with zero attached hydrogens (tertiary/aromatic N) is 5. The third-order valence-electron chi connectivity index (χ3n) is 3.54. The summed E-state index contributed by atoms with van der Waals surface area (Å²) in [6, 6.07) is 9.36. The van der Waals surface area contributed by atoms with Gasteiger partial charge in [-0.05, 0) is 46.8 Å². The van der Waals surface area contributed by atoms with Crippen molar-refractivity contribution in [1.82, 2.24) is 25.6 Å². The number of aromatic nitrogens is 4. The second-order valence-corrected chi connectivity index (χ2v) is 5.46. The van der Waals surface area contributed by atoms with Gasteiger partial charge in [0.25, 0.3) is 5.91 Å². The van der Waals surface area contributed by atoms with Crippen LogP contribution in [0.1, 0.15) is 15.9 Å². The van der Waals surface area contributed by atoms with E-state index in [1.165, 1.54) is 29.2 Å². The molecule has 0 saturated heterocycles. The Kier molecular flexibility index (Phi) is 6.52. The standard InChI is InChI=1S/C17H12F4N6O3/c18-16(19)29-13-6-3-11(14(7-13)30-17(20)21)8-22-24-15(28)10-1-4-12(5-2-10)27-9-23-25-26-27/h1-9,16-17H,(H,24,28)/b22-8+. The molecule has 0 aliphatic rings. The summed E-state index contributed by atoms with van der Waals surface area (Å²) >= 11 is 0. The van der Waals surface area contributed by atoms with Gasteiger partial charge in [-0.2, -0.15) is 22.7 Å². The number of benzene rings is 2. The van der Waals surface area contributed by atoms with E-state index in [2.05, 4.69) is 35.5 Å². The smallest absolute Gasteiger partial charge is 0.387 e. The van der Waals surface area contributed by atoms with Gasteiger partial charge in [-0.1, -0.05) is 0 Å². The first-order valence-corrected chi connectivity index (χ1v) is 8.13. The third-order valence-corrected chi connectivity index (χ3v) is 3.54. The Labute approximate surface area is 165 Å². The summed E-state index contributed by atoms with van der Waals surface area (Å²) in [6.07, 6.45) is 2.41. The Morgan fingerprint density at radius 2 is 1.80 bits per heavy atom. The molecule has 0 atom stereocenters. The van der Waals surface area contributed by atoms with Gasteiger partial charge in [-0.15, -0.1) is 5.10 Å². The Morgan fingerprint density at radius 3 is 2.43 bits per heavy atom. The van der Waals surface area contributed by atoms with E-state index >= 15 is 0 Å². The number of halogens is 4. The second-order valence-electron chi connectivity index (χ2n) is 5.46. The lowest BCUT2D eigenvalue weighted by molar-refractivity contribution is -0.0543. The predicted octanol–water partition coefficient (Wildman–Crippen LogP) is 2.63. The highest BCUT2D eigenvalue weighted by Crippen LogP contribution is 2.26. The molecule has 1 N–H and O–H groups in total. The van der Waals surface area contributed by atoms with Crippen LogP contribution in [0.4, 0.5) is 17.6 Å². The van der Waals surface area contributed by atoms with Gasteiger partial charge in [0.2, 0.25) is 0 Å². The molecule has 0 saturated carbocycles. The summed E-state index contributed by atoms with van der Waals surface area (Å²) in [6.45, 7) is -6.33. The van der Waals surface area contributed by atoms with Gasteiger partial charge >= 0.3 is 13.2 Å². The lowest BCUT2D eigenvalue weighted by Crippen LogP contribution is -2.17. The number of carbonyl (C=O) groups excluding carboxylic acids is 1. The first kappa shape index (κ1) is 20.7. The Morgan fingerprint density at radius 1 is 1.07 bits per heavy atom. The fraction of sp³-hybridized carbons (Fsp3) is 0.118. The number of tetrazole rings is 1. The third kappa shape index (κ3) is 5.50. The summed E-state index contributed by atoms with van der Waals surface area (Å²) in [5, 5.41) is 14.4. The van der Waals surface area contributed by atoms with Crippen molar-refractivity contribution >= 4 is 12.1 Å². The van der Waals surface area contributed by atoms with Crippen molar-refractivity contribution in [2.24, 2.45) is 5.10 Å². The van der Waals surface area contributed by atoms with E-state index in [1.807, 2.05) is 0 Å². The van der Waals surface area contributed by atoms with Gasteiger partial charge in [0.15, 0.2) is 0 Å². The maximum absolute atomic E-state index is 12.6. The van der Waals surface area contributed by atoms with Crippen LogP contribution >= 0.6 is 0 Å². The average Bonchev–Trinajstić information content (AvgIpc) is 3.23. The van der Waals surface area contributed by atoms with Gasteiger partial charge in [0, 0.05) is 17.2 Å². The number of ether oxygens (including phenoxy) is 2. The molecule has 0 bridgehead atoms. The lowest BCUT2D eigenvalue weighted by Gasteiger charge is -2.10. The minimum atomic E-state index is -3.20. The highest BCUT2D eigenvalue weighted by Gasteiger charge is 2.13. The molecular weight excluding hydrogens is 412 g/mol. The van der Waals surface area contributed by atoms with Crippen molar-refractivity contribution < 1.29 is 31.8 Å². The van der Waals surface area contributed by atoms with Crippen molar-refractivity contribution in [2.45, 2.75) is 13.2 Å². The minimum Gasteiger partial charge on any atom is -0.435 e. The van der Waals surface area contributed by atoms with Crippen LogP contribution < -0.4 is 14.9 Å². The van der Waals surface area contributed by atoms with Crippen LogP contribution in [-0.2, 0) is 0 Å². The quantitative estimate of drug-likeness (QED) is 0.339. The SMILES string of the molecule is O=C(N/N=C/c1ccc(OC(F)F)cc1OC(F)F)c1ccc(-n2cnnn2)cc1. The molecule has 1 aromatic heterocycles. The Balaban J connectivity index is 1.68. The van der Waals surface area contributed by atoms with Crippen LogP contribution in [0.3, 0.4) is 0 Å². The van der Waals surface area contributed by atoms with Crippen LogP contribution in [0.5, 0.6) is 11.5 Å². The molecule has 1 heterocycles. The van der Waals surface area contributed by atoms with E-state index in [1.54, 1.807) is 12.1 Å². The Hall–Kier alpha value is -4.03. The summed E-state index contributed by atoms with van der Waals surface area (Å²) in [5.74, 6) is -1.40. The molecule has 0 aliphatic heterocycles. The zero-order chi connectivity index (χ0) is 21.5. The molecule has 13 heteroatoms. The molecule has 9 nitrogen and oxygen atoms in total. The number of hydrogen-bond acceptors (Lipinski definition) is 7. The monoisotopic (exact) mass is 424 g/mol. The molecule has 0 fully saturated rings. The van der Waals surface area contributed by atoms with Crippen molar-refractivity contribution in [1.29, 1.82) is 0 Å². The van der Waals surface area contributed by atoms with Gasteiger partial charge in [-0.25, -0.2) is 10.1 Å². The van der Waals surface area contributed by atoms with Crippen LogP contribution in [-0.4, -0.2) is 45.6 Å². The minimum absolute atomic E-state index is 0.00578. The highest BCUT2D eigenvalue weighted by atomic mass is 19.3. The molecule has 30 heavy (non-hydrogen) atoms.